The zero-order valence-electron chi connectivity index (χ0n) is 12.7. The van der Waals surface area contributed by atoms with Crippen molar-refractivity contribution >= 4 is 5.97 Å². The number of methoxy groups -OCH3 is 2. The number of rotatable bonds is 5. The van der Waals surface area contributed by atoms with Gasteiger partial charge < -0.3 is 18.8 Å². The maximum Gasteiger partial charge on any atom is 0.354 e. The molecule has 0 bridgehead atoms. The summed E-state index contributed by atoms with van der Waals surface area (Å²) in [4.78, 5) is 11.8. The lowest BCUT2D eigenvalue weighted by atomic mass is 10.1. The predicted octanol–water partition coefficient (Wildman–Crippen LogP) is 2.89. The largest absolute Gasteiger partial charge is 0.493 e. The highest BCUT2D eigenvalue weighted by molar-refractivity contribution is 5.90. The molecule has 0 aliphatic carbocycles. The predicted molar refractivity (Wildman–Crippen MR) is 79.9 cm³/mol. The smallest absolute Gasteiger partial charge is 0.354 e. The quantitative estimate of drug-likeness (QED) is 0.794. The van der Waals surface area contributed by atoms with Crippen molar-refractivity contribution in [1.82, 2.24) is 4.57 Å². The van der Waals surface area contributed by atoms with Crippen LogP contribution in [0.25, 0.3) is 11.1 Å². The molecule has 112 valence electrons. The van der Waals surface area contributed by atoms with Crippen LogP contribution >= 0.6 is 0 Å². The van der Waals surface area contributed by atoms with Crippen LogP contribution in [0.15, 0.2) is 30.5 Å². The van der Waals surface area contributed by atoms with Gasteiger partial charge in [0.1, 0.15) is 5.69 Å². The molecule has 1 heterocycles. The summed E-state index contributed by atoms with van der Waals surface area (Å²) >= 11 is 0. The molecular formula is C16H19NO4. The van der Waals surface area contributed by atoms with E-state index >= 15 is 0 Å². The lowest BCUT2D eigenvalue weighted by Crippen LogP contribution is -2.08. The van der Waals surface area contributed by atoms with Gasteiger partial charge in [-0.2, -0.15) is 0 Å². The van der Waals surface area contributed by atoms with E-state index in [4.69, 9.17) is 14.2 Å². The standard InChI is InChI=1S/C16H19NO4/c1-5-21-16(18)13-8-12(10-17(13)2)11-6-7-14(19-3)15(9-11)20-4/h6-10H,5H2,1-4H3. The second kappa shape index (κ2) is 6.35. The number of esters is 1. The zero-order chi connectivity index (χ0) is 15.4. The minimum atomic E-state index is -0.327. The van der Waals surface area contributed by atoms with E-state index in [1.165, 1.54) is 0 Å². The molecule has 0 spiro atoms. The highest BCUT2D eigenvalue weighted by atomic mass is 16.5. The highest BCUT2D eigenvalue weighted by Crippen LogP contribution is 2.32. The molecule has 0 amide bonds. The first-order valence-corrected chi connectivity index (χ1v) is 6.66. The summed E-state index contributed by atoms with van der Waals surface area (Å²) in [6, 6.07) is 7.44. The number of ether oxygens (including phenoxy) is 3. The minimum absolute atomic E-state index is 0.327. The van der Waals surface area contributed by atoms with Crippen molar-refractivity contribution in [2.24, 2.45) is 7.05 Å². The lowest BCUT2D eigenvalue weighted by molar-refractivity contribution is 0.0515. The Balaban J connectivity index is 2.39. The van der Waals surface area contributed by atoms with Crippen LogP contribution in [0.4, 0.5) is 0 Å². The van der Waals surface area contributed by atoms with Gasteiger partial charge in [-0.15, -0.1) is 0 Å². The van der Waals surface area contributed by atoms with Gasteiger partial charge in [0.25, 0.3) is 0 Å². The van der Waals surface area contributed by atoms with Crippen molar-refractivity contribution in [3.05, 3.63) is 36.2 Å². The molecule has 0 N–H and O–H groups in total. The van der Waals surface area contributed by atoms with Crippen LogP contribution in [-0.2, 0) is 11.8 Å². The van der Waals surface area contributed by atoms with Gasteiger partial charge in [-0.05, 0) is 30.7 Å². The van der Waals surface area contributed by atoms with Crippen molar-refractivity contribution in [3.8, 4) is 22.6 Å². The molecule has 0 aliphatic rings. The molecule has 0 saturated heterocycles. The molecule has 2 aromatic rings. The van der Waals surface area contributed by atoms with Crippen LogP contribution in [0, 0.1) is 0 Å². The molecule has 0 saturated carbocycles. The molecule has 5 heteroatoms. The van der Waals surface area contributed by atoms with Gasteiger partial charge in [0.15, 0.2) is 11.5 Å². The third kappa shape index (κ3) is 3.02. The van der Waals surface area contributed by atoms with Gasteiger partial charge in [0.2, 0.25) is 0 Å². The maximum absolute atomic E-state index is 11.8. The Hall–Kier alpha value is -2.43. The van der Waals surface area contributed by atoms with E-state index in [1.807, 2.05) is 31.4 Å². The fourth-order valence-electron chi connectivity index (χ4n) is 2.15. The van der Waals surface area contributed by atoms with Gasteiger partial charge in [0.05, 0.1) is 20.8 Å². The van der Waals surface area contributed by atoms with Crippen molar-refractivity contribution in [3.63, 3.8) is 0 Å². The summed E-state index contributed by atoms with van der Waals surface area (Å²) in [7, 11) is 5.01. The maximum atomic E-state index is 11.8. The first kappa shape index (κ1) is 15.0. The molecule has 21 heavy (non-hydrogen) atoms. The molecule has 0 unspecified atom stereocenters. The number of hydrogen-bond donors (Lipinski definition) is 0. The van der Waals surface area contributed by atoms with Crippen LogP contribution in [0.2, 0.25) is 0 Å². The Morgan fingerprint density at radius 3 is 2.43 bits per heavy atom. The number of aromatic nitrogens is 1. The molecule has 5 nitrogen and oxygen atoms in total. The van der Waals surface area contributed by atoms with E-state index in [0.717, 1.165) is 11.1 Å². The molecule has 0 aliphatic heterocycles. The fraction of sp³-hybridized carbons (Fsp3) is 0.312. The number of hydrogen-bond acceptors (Lipinski definition) is 4. The van der Waals surface area contributed by atoms with E-state index in [2.05, 4.69) is 0 Å². The number of carbonyl (C=O) groups excluding carboxylic acids is 1. The van der Waals surface area contributed by atoms with Crippen LogP contribution in [-0.4, -0.2) is 31.4 Å². The van der Waals surface area contributed by atoms with Gasteiger partial charge in [0, 0.05) is 18.8 Å². The fourth-order valence-corrected chi connectivity index (χ4v) is 2.15. The minimum Gasteiger partial charge on any atom is -0.493 e. The van der Waals surface area contributed by atoms with Crippen molar-refractivity contribution in [2.45, 2.75) is 6.92 Å². The lowest BCUT2D eigenvalue weighted by Gasteiger charge is -2.08. The Bertz CT molecular complexity index is 646. The number of benzene rings is 1. The third-order valence-electron chi connectivity index (χ3n) is 3.21. The van der Waals surface area contributed by atoms with Gasteiger partial charge in [-0.3, -0.25) is 0 Å². The summed E-state index contributed by atoms with van der Waals surface area (Å²) in [5.41, 5.74) is 2.38. The number of aryl methyl sites for hydroxylation is 1. The SMILES string of the molecule is CCOC(=O)c1cc(-c2ccc(OC)c(OC)c2)cn1C. The average Bonchev–Trinajstić information content (AvgIpc) is 2.88. The van der Waals surface area contributed by atoms with Crippen LogP contribution in [0.1, 0.15) is 17.4 Å². The molecular weight excluding hydrogens is 270 g/mol. The summed E-state index contributed by atoms with van der Waals surface area (Å²) < 4.78 is 17.3. The third-order valence-corrected chi connectivity index (χ3v) is 3.21. The van der Waals surface area contributed by atoms with E-state index in [9.17, 15) is 4.79 Å². The zero-order valence-corrected chi connectivity index (χ0v) is 12.7. The molecule has 0 radical (unpaired) electrons. The van der Waals surface area contributed by atoms with Gasteiger partial charge in [-0.1, -0.05) is 6.07 Å². The van der Waals surface area contributed by atoms with Gasteiger partial charge >= 0.3 is 5.97 Å². The summed E-state index contributed by atoms with van der Waals surface area (Å²) in [6.07, 6.45) is 1.88. The van der Waals surface area contributed by atoms with E-state index < -0.39 is 0 Å². The topological polar surface area (TPSA) is 49.7 Å². The summed E-state index contributed by atoms with van der Waals surface area (Å²) in [6.45, 7) is 2.14. The van der Waals surface area contributed by atoms with Crippen LogP contribution in [0.3, 0.4) is 0 Å². The Morgan fingerprint density at radius 1 is 1.10 bits per heavy atom. The second-order valence-corrected chi connectivity index (χ2v) is 4.52. The van der Waals surface area contributed by atoms with Crippen LogP contribution < -0.4 is 9.47 Å². The first-order chi connectivity index (χ1) is 10.1. The Morgan fingerprint density at radius 2 is 1.81 bits per heavy atom. The summed E-state index contributed by atoms with van der Waals surface area (Å²) in [5, 5.41) is 0. The normalized spacial score (nSPS) is 10.3. The van der Waals surface area contributed by atoms with Gasteiger partial charge in [-0.25, -0.2) is 4.79 Å². The molecule has 1 aromatic heterocycles. The molecule has 0 atom stereocenters. The first-order valence-electron chi connectivity index (χ1n) is 6.66. The average molecular weight is 289 g/mol. The Labute approximate surface area is 124 Å². The Kier molecular flexibility index (Phi) is 4.52. The van der Waals surface area contributed by atoms with E-state index in [0.29, 0.717) is 23.8 Å². The molecule has 2 rings (SSSR count). The van der Waals surface area contributed by atoms with Crippen molar-refractivity contribution in [1.29, 1.82) is 0 Å². The number of nitrogens with zero attached hydrogens (tertiary/aromatic N) is 1. The monoisotopic (exact) mass is 289 g/mol. The summed E-state index contributed by atoms with van der Waals surface area (Å²) in [5.74, 6) is 0.992. The number of carbonyl (C=O) groups is 1. The second-order valence-electron chi connectivity index (χ2n) is 4.52. The van der Waals surface area contributed by atoms with Crippen molar-refractivity contribution < 1.29 is 19.0 Å². The van der Waals surface area contributed by atoms with E-state index in [1.54, 1.807) is 31.8 Å². The highest BCUT2D eigenvalue weighted by Gasteiger charge is 2.14. The molecule has 1 aromatic carbocycles. The van der Waals surface area contributed by atoms with Crippen LogP contribution in [0.5, 0.6) is 11.5 Å². The van der Waals surface area contributed by atoms with E-state index in [-0.39, 0.29) is 5.97 Å². The molecule has 0 fully saturated rings. The van der Waals surface area contributed by atoms with Crippen molar-refractivity contribution in [2.75, 3.05) is 20.8 Å².